The zero-order valence-corrected chi connectivity index (χ0v) is 11.0. The number of carboxylic acids is 1. The van der Waals surface area contributed by atoms with E-state index in [0.29, 0.717) is 13.0 Å². The normalized spacial score (nSPS) is 27.7. The van der Waals surface area contributed by atoms with E-state index < -0.39 is 12.1 Å². The van der Waals surface area contributed by atoms with Gasteiger partial charge in [-0.15, -0.1) is 0 Å². The first kappa shape index (κ1) is 14.0. The molecule has 1 saturated carbocycles. The Bertz CT molecular complexity index is 372. The van der Waals surface area contributed by atoms with E-state index in [-0.39, 0.29) is 36.6 Å². The zero-order chi connectivity index (χ0) is 14.0. The maximum Gasteiger partial charge on any atom is 0.306 e. The molecule has 0 aromatic carbocycles. The van der Waals surface area contributed by atoms with Gasteiger partial charge in [0.15, 0.2) is 0 Å². The number of ether oxygens (including phenoxy) is 1. The van der Waals surface area contributed by atoms with Gasteiger partial charge in [-0.25, -0.2) is 0 Å². The summed E-state index contributed by atoms with van der Waals surface area (Å²) >= 11 is 0. The Morgan fingerprint density at radius 1 is 1.37 bits per heavy atom. The molecule has 1 saturated heterocycles. The van der Waals surface area contributed by atoms with E-state index in [0.717, 1.165) is 12.8 Å². The number of carbonyl (C=O) groups excluding carboxylic acids is 2. The average molecular weight is 269 g/mol. The summed E-state index contributed by atoms with van der Waals surface area (Å²) in [7, 11) is 0. The number of piperidine rings is 1. The summed E-state index contributed by atoms with van der Waals surface area (Å²) in [5.74, 6) is -1.43. The standard InChI is InChI=1S/C13H19NO5/c1-2-19-10(6-11(15)16)7-14-12(17)8-3-4-9(5-8)13(14)18/h8-10H,2-7H2,1H3,(H,15,16). The summed E-state index contributed by atoms with van der Waals surface area (Å²) in [5.41, 5.74) is 0. The van der Waals surface area contributed by atoms with Gasteiger partial charge in [0.1, 0.15) is 0 Å². The lowest BCUT2D eigenvalue weighted by Gasteiger charge is -2.32. The van der Waals surface area contributed by atoms with Gasteiger partial charge in [-0.3, -0.25) is 19.3 Å². The van der Waals surface area contributed by atoms with Crippen LogP contribution in [0.2, 0.25) is 0 Å². The van der Waals surface area contributed by atoms with Gasteiger partial charge in [0, 0.05) is 18.4 Å². The van der Waals surface area contributed by atoms with E-state index in [2.05, 4.69) is 0 Å². The minimum absolute atomic E-state index is 0.0603. The maximum atomic E-state index is 12.1. The van der Waals surface area contributed by atoms with Gasteiger partial charge in [0.25, 0.3) is 0 Å². The molecule has 2 fully saturated rings. The molecule has 3 atom stereocenters. The zero-order valence-electron chi connectivity index (χ0n) is 11.0. The molecule has 1 aliphatic heterocycles. The lowest BCUT2D eigenvalue weighted by Crippen LogP contribution is -2.50. The fraction of sp³-hybridized carbons (Fsp3) is 0.769. The summed E-state index contributed by atoms with van der Waals surface area (Å²) in [6, 6.07) is 0. The molecule has 2 bridgehead atoms. The third-order valence-corrected chi connectivity index (χ3v) is 3.85. The molecule has 19 heavy (non-hydrogen) atoms. The highest BCUT2D eigenvalue weighted by atomic mass is 16.5. The molecule has 3 unspecified atom stereocenters. The number of nitrogens with zero attached hydrogens (tertiary/aromatic N) is 1. The third-order valence-electron chi connectivity index (χ3n) is 3.85. The molecule has 106 valence electrons. The number of hydrogen-bond donors (Lipinski definition) is 1. The molecule has 6 nitrogen and oxygen atoms in total. The Morgan fingerprint density at radius 2 is 1.95 bits per heavy atom. The molecule has 0 spiro atoms. The van der Waals surface area contributed by atoms with Crippen LogP contribution in [0, 0.1) is 11.8 Å². The van der Waals surface area contributed by atoms with E-state index >= 15 is 0 Å². The minimum atomic E-state index is -0.988. The maximum absolute atomic E-state index is 12.1. The molecular weight excluding hydrogens is 250 g/mol. The molecule has 6 heteroatoms. The Morgan fingerprint density at radius 3 is 2.42 bits per heavy atom. The van der Waals surface area contributed by atoms with E-state index in [1.165, 1.54) is 4.90 Å². The topological polar surface area (TPSA) is 83.9 Å². The second kappa shape index (κ2) is 5.69. The number of likely N-dealkylation sites (tertiary alicyclic amines) is 1. The SMILES string of the molecule is CCOC(CC(=O)O)CN1C(=O)C2CCC(C2)C1=O. The van der Waals surface area contributed by atoms with Crippen molar-refractivity contribution < 1.29 is 24.2 Å². The van der Waals surface area contributed by atoms with Crippen molar-refractivity contribution in [2.75, 3.05) is 13.2 Å². The number of imide groups is 1. The first-order valence-corrected chi connectivity index (χ1v) is 6.71. The van der Waals surface area contributed by atoms with Crippen LogP contribution in [0.1, 0.15) is 32.6 Å². The predicted molar refractivity (Wildman–Crippen MR) is 65.2 cm³/mol. The van der Waals surface area contributed by atoms with Crippen LogP contribution in [0.3, 0.4) is 0 Å². The van der Waals surface area contributed by atoms with Gasteiger partial charge in [-0.2, -0.15) is 0 Å². The monoisotopic (exact) mass is 269 g/mol. The van der Waals surface area contributed by atoms with Gasteiger partial charge in [-0.05, 0) is 26.2 Å². The number of fused-ring (bicyclic) bond motifs is 2. The average Bonchev–Trinajstić information content (AvgIpc) is 2.79. The molecule has 0 radical (unpaired) electrons. The second-order valence-corrected chi connectivity index (χ2v) is 5.17. The van der Waals surface area contributed by atoms with Crippen molar-refractivity contribution in [1.29, 1.82) is 0 Å². The van der Waals surface area contributed by atoms with Crippen LogP contribution < -0.4 is 0 Å². The fourth-order valence-corrected chi connectivity index (χ4v) is 2.97. The lowest BCUT2D eigenvalue weighted by atomic mass is 9.96. The molecule has 2 amide bonds. The number of hydrogen-bond acceptors (Lipinski definition) is 4. The number of carbonyl (C=O) groups is 3. The van der Waals surface area contributed by atoms with E-state index in [1.807, 2.05) is 0 Å². The van der Waals surface area contributed by atoms with Crippen molar-refractivity contribution in [3.63, 3.8) is 0 Å². The highest BCUT2D eigenvalue weighted by molar-refractivity contribution is 6.00. The Labute approximate surface area is 111 Å². The molecule has 1 heterocycles. The van der Waals surface area contributed by atoms with Crippen LogP contribution in [0.4, 0.5) is 0 Å². The first-order valence-electron chi connectivity index (χ1n) is 6.71. The Balaban J connectivity index is 2.04. The van der Waals surface area contributed by atoms with Crippen molar-refractivity contribution in [2.45, 2.75) is 38.7 Å². The predicted octanol–water partition coefficient (Wildman–Crippen LogP) is 0.651. The van der Waals surface area contributed by atoms with Crippen molar-refractivity contribution in [2.24, 2.45) is 11.8 Å². The third kappa shape index (κ3) is 2.94. The van der Waals surface area contributed by atoms with E-state index in [4.69, 9.17) is 9.84 Å². The van der Waals surface area contributed by atoms with Gasteiger partial charge in [0.2, 0.25) is 11.8 Å². The van der Waals surface area contributed by atoms with Crippen LogP contribution in [0.5, 0.6) is 0 Å². The Hall–Kier alpha value is -1.43. The van der Waals surface area contributed by atoms with E-state index in [9.17, 15) is 14.4 Å². The lowest BCUT2D eigenvalue weighted by molar-refractivity contribution is -0.157. The van der Waals surface area contributed by atoms with Gasteiger partial charge >= 0.3 is 5.97 Å². The number of carboxylic acid groups (broad SMARTS) is 1. The second-order valence-electron chi connectivity index (χ2n) is 5.17. The summed E-state index contributed by atoms with van der Waals surface area (Å²) in [5, 5.41) is 8.82. The molecule has 2 aliphatic rings. The van der Waals surface area contributed by atoms with Crippen molar-refractivity contribution in [1.82, 2.24) is 4.90 Å². The molecule has 2 rings (SSSR count). The molecular formula is C13H19NO5. The van der Waals surface area contributed by atoms with Crippen molar-refractivity contribution >= 4 is 17.8 Å². The van der Waals surface area contributed by atoms with Crippen molar-refractivity contribution in [3.05, 3.63) is 0 Å². The summed E-state index contributed by atoms with van der Waals surface area (Å²) in [6.45, 7) is 2.18. The van der Waals surface area contributed by atoms with Crippen LogP contribution in [-0.2, 0) is 19.1 Å². The quantitative estimate of drug-likeness (QED) is 0.716. The molecule has 1 N–H and O–H groups in total. The van der Waals surface area contributed by atoms with Gasteiger partial charge < -0.3 is 9.84 Å². The van der Waals surface area contributed by atoms with Gasteiger partial charge in [0.05, 0.1) is 19.1 Å². The van der Waals surface area contributed by atoms with Crippen LogP contribution in [0.25, 0.3) is 0 Å². The van der Waals surface area contributed by atoms with Gasteiger partial charge in [-0.1, -0.05) is 0 Å². The smallest absolute Gasteiger partial charge is 0.306 e. The minimum Gasteiger partial charge on any atom is -0.481 e. The van der Waals surface area contributed by atoms with Crippen LogP contribution in [-0.4, -0.2) is 47.0 Å². The number of rotatable bonds is 6. The van der Waals surface area contributed by atoms with Crippen LogP contribution >= 0.6 is 0 Å². The Kier molecular flexibility index (Phi) is 4.19. The first-order chi connectivity index (χ1) is 9.02. The number of aliphatic carboxylic acids is 1. The highest BCUT2D eigenvalue weighted by Crippen LogP contribution is 2.38. The number of amides is 2. The largest absolute Gasteiger partial charge is 0.481 e. The fourth-order valence-electron chi connectivity index (χ4n) is 2.97. The molecule has 0 aromatic rings. The molecule has 0 aromatic heterocycles. The van der Waals surface area contributed by atoms with E-state index in [1.54, 1.807) is 6.92 Å². The summed E-state index contributed by atoms with van der Waals surface area (Å²) in [4.78, 5) is 36.2. The van der Waals surface area contributed by atoms with Crippen molar-refractivity contribution in [3.8, 4) is 0 Å². The molecule has 1 aliphatic carbocycles. The summed E-state index contributed by atoms with van der Waals surface area (Å²) < 4.78 is 5.32. The summed E-state index contributed by atoms with van der Waals surface area (Å²) in [6.07, 6.45) is 1.38. The van der Waals surface area contributed by atoms with Crippen LogP contribution in [0.15, 0.2) is 0 Å². The highest BCUT2D eigenvalue weighted by Gasteiger charge is 2.45.